The van der Waals surface area contributed by atoms with Gasteiger partial charge in [-0.3, -0.25) is 4.79 Å². The molecule has 5 heteroatoms. The van der Waals surface area contributed by atoms with Gasteiger partial charge in [0.1, 0.15) is 18.1 Å². The maximum Gasteiger partial charge on any atom is 0.255 e. The minimum atomic E-state index is -0.168. The molecule has 0 heterocycles. The van der Waals surface area contributed by atoms with Crippen LogP contribution in [0.15, 0.2) is 48.5 Å². The Labute approximate surface area is 161 Å². The van der Waals surface area contributed by atoms with Crippen LogP contribution in [-0.4, -0.2) is 32.3 Å². The molecule has 0 aliphatic rings. The molecule has 0 aliphatic carbocycles. The molecule has 1 N–H and O–H groups in total. The lowest BCUT2D eigenvalue weighted by atomic mass is 10.2. The molecule has 5 nitrogen and oxygen atoms in total. The predicted octanol–water partition coefficient (Wildman–Crippen LogP) is 4.92. The van der Waals surface area contributed by atoms with Gasteiger partial charge in [-0.15, -0.1) is 0 Å². The van der Waals surface area contributed by atoms with E-state index >= 15 is 0 Å². The van der Waals surface area contributed by atoms with E-state index in [0.717, 1.165) is 18.6 Å². The van der Waals surface area contributed by atoms with Crippen LogP contribution < -0.4 is 14.8 Å². The second-order valence-electron chi connectivity index (χ2n) is 6.11. The number of rotatable bonds is 12. The number of hydrogen-bond donors (Lipinski definition) is 1. The van der Waals surface area contributed by atoms with E-state index in [9.17, 15) is 4.79 Å². The summed E-state index contributed by atoms with van der Waals surface area (Å²) in [6.45, 7) is 6.50. The Morgan fingerprint density at radius 2 is 1.67 bits per heavy atom. The van der Waals surface area contributed by atoms with E-state index in [-0.39, 0.29) is 5.91 Å². The quantitative estimate of drug-likeness (QED) is 0.538. The fraction of sp³-hybridized carbons (Fsp3) is 0.409. The van der Waals surface area contributed by atoms with Gasteiger partial charge < -0.3 is 19.5 Å². The number of hydrogen-bond acceptors (Lipinski definition) is 4. The third-order valence-corrected chi connectivity index (χ3v) is 3.93. The summed E-state index contributed by atoms with van der Waals surface area (Å²) in [5, 5.41) is 2.89. The van der Waals surface area contributed by atoms with Gasteiger partial charge in [-0.25, -0.2) is 0 Å². The van der Waals surface area contributed by atoms with Crippen molar-refractivity contribution in [2.24, 2.45) is 0 Å². The lowest BCUT2D eigenvalue weighted by molar-refractivity contribution is 0.102. The Morgan fingerprint density at radius 1 is 0.889 bits per heavy atom. The third kappa shape index (κ3) is 7.71. The predicted molar refractivity (Wildman–Crippen MR) is 108 cm³/mol. The SMILES string of the molecule is CCCCCOc1ccc(C(=O)Nc2cccc(OCCOCC)c2)cc1. The molecule has 0 fully saturated rings. The first-order valence-corrected chi connectivity index (χ1v) is 9.57. The molecule has 2 aromatic carbocycles. The van der Waals surface area contributed by atoms with Crippen molar-refractivity contribution in [3.8, 4) is 11.5 Å². The minimum Gasteiger partial charge on any atom is -0.494 e. The van der Waals surface area contributed by atoms with E-state index in [0.29, 0.717) is 43.4 Å². The normalized spacial score (nSPS) is 10.4. The van der Waals surface area contributed by atoms with Gasteiger partial charge in [-0.1, -0.05) is 25.8 Å². The summed E-state index contributed by atoms with van der Waals surface area (Å²) in [6.07, 6.45) is 3.37. The summed E-state index contributed by atoms with van der Waals surface area (Å²) in [7, 11) is 0. The highest BCUT2D eigenvalue weighted by Gasteiger charge is 2.07. The summed E-state index contributed by atoms with van der Waals surface area (Å²) in [4.78, 5) is 12.4. The molecule has 0 atom stereocenters. The molecule has 0 radical (unpaired) electrons. The number of benzene rings is 2. The molecular formula is C22H29NO4. The van der Waals surface area contributed by atoms with Crippen LogP contribution in [0.4, 0.5) is 5.69 Å². The van der Waals surface area contributed by atoms with Gasteiger partial charge in [0.25, 0.3) is 5.91 Å². The Morgan fingerprint density at radius 3 is 2.41 bits per heavy atom. The Hall–Kier alpha value is -2.53. The molecular weight excluding hydrogens is 342 g/mol. The van der Waals surface area contributed by atoms with Gasteiger partial charge in [0.15, 0.2) is 0 Å². The van der Waals surface area contributed by atoms with Crippen LogP contribution in [0.25, 0.3) is 0 Å². The average Bonchev–Trinajstić information content (AvgIpc) is 2.69. The van der Waals surface area contributed by atoms with Crippen molar-refractivity contribution in [1.82, 2.24) is 0 Å². The molecule has 0 aliphatic heterocycles. The molecule has 2 aromatic rings. The summed E-state index contributed by atoms with van der Waals surface area (Å²) in [5.74, 6) is 1.31. The second-order valence-corrected chi connectivity index (χ2v) is 6.11. The molecule has 27 heavy (non-hydrogen) atoms. The molecule has 0 saturated heterocycles. The molecule has 0 unspecified atom stereocenters. The third-order valence-electron chi connectivity index (χ3n) is 3.93. The molecule has 0 bridgehead atoms. The molecule has 146 valence electrons. The number of anilines is 1. The number of unbranched alkanes of at least 4 members (excludes halogenated alkanes) is 2. The summed E-state index contributed by atoms with van der Waals surface area (Å²) >= 11 is 0. The number of carbonyl (C=O) groups is 1. The van der Waals surface area contributed by atoms with E-state index in [4.69, 9.17) is 14.2 Å². The average molecular weight is 371 g/mol. The van der Waals surface area contributed by atoms with Crippen molar-refractivity contribution in [2.75, 3.05) is 31.7 Å². The van der Waals surface area contributed by atoms with Gasteiger partial charge in [0, 0.05) is 23.9 Å². The number of amides is 1. The van der Waals surface area contributed by atoms with Crippen LogP contribution >= 0.6 is 0 Å². The Balaban J connectivity index is 1.85. The molecule has 0 aromatic heterocycles. The monoisotopic (exact) mass is 371 g/mol. The lowest BCUT2D eigenvalue weighted by Gasteiger charge is -2.10. The van der Waals surface area contributed by atoms with Gasteiger partial charge in [0.05, 0.1) is 13.2 Å². The molecule has 0 spiro atoms. The fourth-order valence-electron chi connectivity index (χ4n) is 2.47. The highest BCUT2D eigenvalue weighted by atomic mass is 16.5. The standard InChI is InChI=1S/C22H29NO4/c1-3-5-6-14-26-20-12-10-18(11-13-20)22(24)23-19-8-7-9-21(17-19)27-16-15-25-4-2/h7-13,17H,3-6,14-16H2,1-2H3,(H,23,24). The fourth-order valence-corrected chi connectivity index (χ4v) is 2.47. The topological polar surface area (TPSA) is 56.8 Å². The van der Waals surface area contributed by atoms with Crippen LogP contribution in [0.2, 0.25) is 0 Å². The van der Waals surface area contributed by atoms with Gasteiger partial charge in [0.2, 0.25) is 0 Å². The van der Waals surface area contributed by atoms with Crippen LogP contribution in [0.5, 0.6) is 11.5 Å². The van der Waals surface area contributed by atoms with Crippen molar-refractivity contribution in [3.63, 3.8) is 0 Å². The zero-order valence-electron chi connectivity index (χ0n) is 16.2. The molecule has 0 saturated carbocycles. The molecule has 2 rings (SSSR count). The molecule has 1 amide bonds. The number of ether oxygens (including phenoxy) is 3. The van der Waals surface area contributed by atoms with E-state index in [2.05, 4.69) is 12.2 Å². The van der Waals surface area contributed by atoms with Crippen LogP contribution in [0.1, 0.15) is 43.5 Å². The van der Waals surface area contributed by atoms with Crippen LogP contribution in [0.3, 0.4) is 0 Å². The first-order chi connectivity index (χ1) is 13.2. The van der Waals surface area contributed by atoms with Crippen LogP contribution in [-0.2, 0) is 4.74 Å². The van der Waals surface area contributed by atoms with E-state index in [1.165, 1.54) is 6.42 Å². The number of nitrogens with one attached hydrogen (secondary N) is 1. The maximum atomic E-state index is 12.4. The highest BCUT2D eigenvalue weighted by molar-refractivity contribution is 6.04. The largest absolute Gasteiger partial charge is 0.494 e. The van der Waals surface area contributed by atoms with Crippen molar-refractivity contribution in [1.29, 1.82) is 0 Å². The number of carbonyl (C=O) groups excluding carboxylic acids is 1. The van der Waals surface area contributed by atoms with Crippen molar-refractivity contribution < 1.29 is 19.0 Å². The van der Waals surface area contributed by atoms with Crippen molar-refractivity contribution in [2.45, 2.75) is 33.1 Å². The zero-order chi connectivity index (χ0) is 19.3. The van der Waals surface area contributed by atoms with Crippen molar-refractivity contribution >= 4 is 11.6 Å². The summed E-state index contributed by atoms with van der Waals surface area (Å²) in [5.41, 5.74) is 1.27. The van der Waals surface area contributed by atoms with Gasteiger partial charge in [-0.05, 0) is 49.7 Å². The first kappa shape index (κ1) is 20.8. The van der Waals surface area contributed by atoms with Gasteiger partial charge in [-0.2, -0.15) is 0 Å². The van der Waals surface area contributed by atoms with Crippen LogP contribution in [0, 0.1) is 0 Å². The summed E-state index contributed by atoms with van der Waals surface area (Å²) < 4.78 is 16.5. The Bertz CT molecular complexity index is 685. The van der Waals surface area contributed by atoms with E-state index < -0.39 is 0 Å². The lowest BCUT2D eigenvalue weighted by Crippen LogP contribution is -2.12. The Kier molecular flexibility index (Phi) is 9.21. The summed E-state index contributed by atoms with van der Waals surface area (Å²) in [6, 6.07) is 14.5. The van der Waals surface area contributed by atoms with E-state index in [1.54, 1.807) is 18.2 Å². The minimum absolute atomic E-state index is 0.168. The van der Waals surface area contributed by atoms with Crippen molar-refractivity contribution in [3.05, 3.63) is 54.1 Å². The highest BCUT2D eigenvalue weighted by Crippen LogP contribution is 2.19. The maximum absolute atomic E-state index is 12.4. The van der Waals surface area contributed by atoms with Gasteiger partial charge >= 0.3 is 0 Å². The second kappa shape index (κ2) is 12.0. The zero-order valence-corrected chi connectivity index (χ0v) is 16.2. The smallest absolute Gasteiger partial charge is 0.255 e. The van der Waals surface area contributed by atoms with E-state index in [1.807, 2.05) is 37.3 Å². The first-order valence-electron chi connectivity index (χ1n) is 9.57.